The van der Waals surface area contributed by atoms with Crippen LogP contribution in [0.2, 0.25) is 0 Å². The molecule has 3 heterocycles. The molecular formula is C19H16N6O5S4. The number of aromatic nitrogens is 2. The third-order valence-corrected chi connectivity index (χ3v) is 8.99. The first-order chi connectivity index (χ1) is 16.3. The molecule has 3 N–H and O–H groups in total. The van der Waals surface area contributed by atoms with E-state index in [9.17, 15) is 24.3 Å². The molecule has 176 valence electrons. The molecule has 1 aliphatic carbocycles. The van der Waals surface area contributed by atoms with Crippen LogP contribution < -0.4 is 10.6 Å². The van der Waals surface area contributed by atoms with Gasteiger partial charge in [-0.1, -0.05) is 35.3 Å². The number of carboxylic acid groups (broad SMARTS) is 1. The fourth-order valence-electron chi connectivity index (χ4n) is 3.42. The topological polar surface area (TPSA) is 165 Å². The molecule has 4 rings (SSSR count). The SMILES string of the molecule is N#C[C@@H]1C[C@@H]1C(=S)NC1C(=O)N2C(C(=O)O)=C(CSc3nnc(NC(=O)/C=C\C=O)s3)CS[C@@H]12. The summed E-state index contributed by atoms with van der Waals surface area (Å²) in [5.74, 6) is -1.54. The molecule has 4 atom stereocenters. The first kappa shape index (κ1) is 24.3. The van der Waals surface area contributed by atoms with E-state index in [0.717, 1.165) is 23.5 Å². The number of thiocarbonyl (C=S) groups is 1. The highest BCUT2D eigenvalue weighted by Crippen LogP contribution is 2.43. The smallest absolute Gasteiger partial charge is 0.352 e. The van der Waals surface area contributed by atoms with E-state index in [0.29, 0.717) is 33.4 Å². The van der Waals surface area contributed by atoms with Crippen LogP contribution in [0.1, 0.15) is 6.42 Å². The van der Waals surface area contributed by atoms with Gasteiger partial charge in [0.25, 0.3) is 5.91 Å². The van der Waals surface area contributed by atoms with Crippen LogP contribution in [0.15, 0.2) is 27.8 Å². The predicted molar refractivity (Wildman–Crippen MR) is 129 cm³/mol. The molecular weight excluding hydrogens is 521 g/mol. The van der Waals surface area contributed by atoms with Crippen LogP contribution in [0.3, 0.4) is 0 Å². The van der Waals surface area contributed by atoms with Crippen molar-refractivity contribution in [1.29, 1.82) is 5.26 Å². The van der Waals surface area contributed by atoms with E-state index in [1.54, 1.807) is 0 Å². The first-order valence-electron chi connectivity index (χ1n) is 9.83. The minimum atomic E-state index is -1.19. The molecule has 34 heavy (non-hydrogen) atoms. The van der Waals surface area contributed by atoms with Crippen LogP contribution in [0.25, 0.3) is 0 Å². The average molecular weight is 537 g/mol. The number of nitrogens with one attached hydrogen (secondary N) is 2. The van der Waals surface area contributed by atoms with E-state index in [-0.39, 0.29) is 39.7 Å². The number of hydrogen-bond acceptors (Lipinski definition) is 11. The van der Waals surface area contributed by atoms with Gasteiger partial charge in [-0.2, -0.15) is 5.26 Å². The first-order valence-corrected chi connectivity index (χ1v) is 13.1. The van der Waals surface area contributed by atoms with Gasteiger partial charge in [-0.05, 0) is 18.1 Å². The molecule has 3 aliphatic rings. The number of fused-ring (bicyclic) bond motifs is 1. The number of aliphatic carboxylic acids is 1. The normalized spacial score (nSPS) is 25.3. The van der Waals surface area contributed by atoms with Gasteiger partial charge >= 0.3 is 5.97 Å². The van der Waals surface area contributed by atoms with Crippen LogP contribution >= 0.6 is 47.1 Å². The minimum absolute atomic E-state index is 0.0383. The van der Waals surface area contributed by atoms with E-state index in [2.05, 4.69) is 26.9 Å². The summed E-state index contributed by atoms with van der Waals surface area (Å²) >= 11 is 9.13. The van der Waals surface area contributed by atoms with Crippen LogP contribution in [0.4, 0.5) is 5.13 Å². The maximum absolute atomic E-state index is 12.8. The van der Waals surface area contributed by atoms with Gasteiger partial charge in [0.1, 0.15) is 23.4 Å². The molecule has 0 aromatic carbocycles. The molecule has 15 heteroatoms. The number of hydrogen-bond donors (Lipinski definition) is 3. The fourth-order valence-corrected chi connectivity index (χ4v) is 7.05. The molecule has 0 bridgehead atoms. The van der Waals surface area contributed by atoms with Crippen molar-refractivity contribution in [1.82, 2.24) is 20.4 Å². The third-order valence-electron chi connectivity index (χ3n) is 5.17. The Morgan fingerprint density at radius 1 is 1.41 bits per heavy atom. The molecule has 1 aromatic heterocycles. The summed E-state index contributed by atoms with van der Waals surface area (Å²) in [4.78, 5) is 48.4. The highest BCUT2D eigenvalue weighted by molar-refractivity contribution is 8.02. The lowest BCUT2D eigenvalue weighted by Gasteiger charge is -2.49. The van der Waals surface area contributed by atoms with E-state index >= 15 is 0 Å². The number of amides is 2. The summed E-state index contributed by atoms with van der Waals surface area (Å²) in [5.41, 5.74) is 0.540. The van der Waals surface area contributed by atoms with Crippen molar-refractivity contribution in [3.8, 4) is 6.07 Å². The second-order valence-corrected chi connectivity index (χ2v) is 11.1. The Bertz CT molecular complexity index is 1170. The summed E-state index contributed by atoms with van der Waals surface area (Å²) in [6, 6.07) is 1.55. The molecule has 1 saturated heterocycles. The van der Waals surface area contributed by atoms with E-state index in [1.807, 2.05) is 0 Å². The second-order valence-electron chi connectivity index (χ2n) is 7.38. The highest BCUT2D eigenvalue weighted by Gasteiger charge is 2.55. The zero-order valence-electron chi connectivity index (χ0n) is 17.2. The number of nitrogens with zero attached hydrogens (tertiary/aromatic N) is 4. The molecule has 1 saturated carbocycles. The zero-order valence-corrected chi connectivity index (χ0v) is 20.4. The van der Waals surface area contributed by atoms with E-state index < -0.39 is 17.9 Å². The number of carbonyl (C=O) groups is 4. The summed E-state index contributed by atoms with van der Waals surface area (Å²) < 4.78 is 0.510. The Labute approximate surface area is 211 Å². The molecule has 1 aromatic rings. The van der Waals surface area contributed by atoms with Gasteiger partial charge in [0.15, 0.2) is 4.34 Å². The van der Waals surface area contributed by atoms with Crippen molar-refractivity contribution in [2.24, 2.45) is 11.8 Å². The lowest BCUT2D eigenvalue weighted by atomic mass is 10.0. The number of aldehydes is 1. The second kappa shape index (κ2) is 10.2. The van der Waals surface area contributed by atoms with Crippen molar-refractivity contribution in [3.63, 3.8) is 0 Å². The number of allylic oxidation sites excluding steroid dienone is 1. The Hall–Kier alpha value is -2.80. The molecule has 2 amide bonds. The summed E-state index contributed by atoms with van der Waals surface area (Å²) in [6.45, 7) is 0. The quantitative estimate of drug-likeness (QED) is 0.103. The van der Waals surface area contributed by atoms with Crippen molar-refractivity contribution in [2.75, 3.05) is 16.8 Å². The summed E-state index contributed by atoms with van der Waals surface area (Å²) in [5, 5.41) is 31.9. The summed E-state index contributed by atoms with van der Waals surface area (Å²) in [6.07, 6.45) is 3.28. The largest absolute Gasteiger partial charge is 0.477 e. The van der Waals surface area contributed by atoms with E-state index in [4.69, 9.17) is 17.5 Å². The van der Waals surface area contributed by atoms with Gasteiger partial charge in [-0.25, -0.2) is 4.79 Å². The molecule has 0 radical (unpaired) electrons. The van der Waals surface area contributed by atoms with Gasteiger partial charge in [-0.15, -0.1) is 22.0 Å². The van der Waals surface area contributed by atoms with Gasteiger partial charge in [-0.3, -0.25) is 24.6 Å². The van der Waals surface area contributed by atoms with Gasteiger partial charge in [0.2, 0.25) is 11.0 Å². The number of rotatable bonds is 9. The summed E-state index contributed by atoms with van der Waals surface area (Å²) in [7, 11) is 0. The minimum Gasteiger partial charge on any atom is -0.477 e. The van der Waals surface area contributed by atoms with Crippen LogP contribution in [0.5, 0.6) is 0 Å². The van der Waals surface area contributed by atoms with Crippen molar-refractivity contribution < 1.29 is 24.3 Å². The van der Waals surface area contributed by atoms with Crippen molar-refractivity contribution >= 4 is 81.3 Å². The maximum atomic E-state index is 12.8. The van der Waals surface area contributed by atoms with Crippen LogP contribution in [0, 0.1) is 23.2 Å². The third kappa shape index (κ3) is 4.99. The monoisotopic (exact) mass is 536 g/mol. The number of carbonyl (C=O) groups excluding carboxylic acids is 3. The van der Waals surface area contributed by atoms with Gasteiger partial charge < -0.3 is 10.4 Å². The fraction of sp³-hybridized carbons (Fsp3) is 0.368. The standard InChI is InChI=1S/C19H16N6O5S4/c20-5-8-4-10(8)14(31)22-12-15(28)25-13(17(29)30)9(6-32-16(12)25)7-33-19-24-23-18(34-19)21-11(27)2-1-3-26/h1-3,8,10,12,16H,4,6-7H2,(H,22,31)(H,29,30)(H,21,23,27)/b2-1-/t8-,10-,12?,16-/m0/s1. The van der Waals surface area contributed by atoms with Crippen molar-refractivity contribution in [3.05, 3.63) is 23.4 Å². The average Bonchev–Trinajstić information content (AvgIpc) is 3.49. The van der Waals surface area contributed by atoms with Gasteiger partial charge in [0, 0.05) is 23.5 Å². The van der Waals surface area contributed by atoms with Crippen LogP contribution in [-0.2, 0) is 19.2 Å². The van der Waals surface area contributed by atoms with Gasteiger partial charge in [0.05, 0.1) is 17.0 Å². The van der Waals surface area contributed by atoms with Crippen LogP contribution in [-0.4, -0.2) is 72.2 Å². The molecule has 2 fully saturated rings. The number of thioether (sulfide) groups is 2. The Morgan fingerprint density at radius 3 is 2.88 bits per heavy atom. The number of β-lactam (4-membered cyclic amide) rings is 1. The Balaban J connectivity index is 1.38. The lowest BCUT2D eigenvalue weighted by Crippen LogP contribution is -2.70. The maximum Gasteiger partial charge on any atom is 0.352 e. The number of anilines is 1. The lowest BCUT2D eigenvalue weighted by molar-refractivity contribution is -0.148. The number of carboxylic acids is 1. The highest BCUT2D eigenvalue weighted by atomic mass is 32.2. The molecule has 1 unspecified atom stereocenters. The Kier molecular flexibility index (Phi) is 7.31. The van der Waals surface area contributed by atoms with E-state index in [1.165, 1.54) is 28.4 Å². The predicted octanol–water partition coefficient (Wildman–Crippen LogP) is 1.02. The molecule has 11 nitrogen and oxygen atoms in total. The Morgan fingerprint density at radius 2 is 2.21 bits per heavy atom. The number of nitriles is 1. The molecule has 0 spiro atoms. The zero-order chi connectivity index (χ0) is 24.4. The molecule has 2 aliphatic heterocycles. The van der Waals surface area contributed by atoms with Crippen molar-refractivity contribution in [2.45, 2.75) is 22.2 Å².